The predicted octanol–water partition coefficient (Wildman–Crippen LogP) is 5.04. The van der Waals surface area contributed by atoms with Crippen molar-refractivity contribution < 1.29 is 28.6 Å². The van der Waals surface area contributed by atoms with E-state index in [1.807, 2.05) is 47.6 Å². The molecule has 1 atom stereocenters. The van der Waals surface area contributed by atoms with Gasteiger partial charge in [0.25, 0.3) is 0 Å². The Bertz CT molecular complexity index is 590. The van der Waals surface area contributed by atoms with Gasteiger partial charge in [-0.25, -0.2) is 0 Å². The summed E-state index contributed by atoms with van der Waals surface area (Å²) < 4.78 is 22.7. The van der Waals surface area contributed by atoms with Gasteiger partial charge in [-0.1, -0.05) is 39.3 Å². The molecule has 0 aromatic heterocycles. The van der Waals surface area contributed by atoms with Gasteiger partial charge < -0.3 is 19.3 Å². The van der Waals surface area contributed by atoms with Gasteiger partial charge in [-0.3, -0.25) is 9.36 Å². The maximum absolute atomic E-state index is 13.2. The van der Waals surface area contributed by atoms with Crippen LogP contribution in [0.3, 0.4) is 0 Å². The smallest absolute Gasteiger partial charge is 0.356 e. The van der Waals surface area contributed by atoms with E-state index in [9.17, 15) is 19.1 Å². The molecule has 0 aliphatic carbocycles. The van der Waals surface area contributed by atoms with Crippen LogP contribution in [-0.2, 0) is 18.8 Å². The summed E-state index contributed by atoms with van der Waals surface area (Å²) in [5, 5.41) is -1.58. The Balaban J connectivity index is 5.33. The standard InChI is InChI=1S/C20H39O6P/c1-11-20(14-15(2)3,17(4,5)6)16(21)26-18(7,8)12-13-25-19(9,10)27(22,23)24/h14H,11-13H2,1-10H3,(H2,22,23,24). The van der Waals surface area contributed by atoms with E-state index in [4.69, 9.17) is 9.47 Å². The maximum Gasteiger partial charge on any atom is 0.356 e. The van der Waals surface area contributed by atoms with Gasteiger partial charge in [-0.05, 0) is 53.4 Å². The van der Waals surface area contributed by atoms with Crippen molar-refractivity contribution in [1.82, 2.24) is 0 Å². The second-order valence-corrected chi connectivity index (χ2v) is 11.7. The molecule has 1 unspecified atom stereocenters. The van der Waals surface area contributed by atoms with Gasteiger partial charge in [-0.15, -0.1) is 0 Å². The molecule has 0 fully saturated rings. The molecule has 0 saturated heterocycles. The normalized spacial score (nSPS) is 15.9. The van der Waals surface area contributed by atoms with Crippen LogP contribution in [0.5, 0.6) is 0 Å². The molecular formula is C20H39O6P. The minimum absolute atomic E-state index is 0.0652. The molecular weight excluding hydrogens is 367 g/mol. The summed E-state index contributed by atoms with van der Waals surface area (Å²) >= 11 is 0. The molecule has 0 saturated carbocycles. The minimum Gasteiger partial charge on any atom is -0.459 e. The van der Waals surface area contributed by atoms with Crippen molar-refractivity contribution >= 4 is 13.6 Å². The van der Waals surface area contributed by atoms with Crippen molar-refractivity contribution in [2.24, 2.45) is 10.8 Å². The SMILES string of the molecule is CCC(C=C(C)C)(C(=O)OC(C)(C)CCOC(C)(C)P(=O)(O)O)C(C)(C)C. The molecule has 0 aliphatic rings. The molecule has 2 N–H and O–H groups in total. The van der Waals surface area contributed by atoms with Crippen molar-refractivity contribution in [3.05, 3.63) is 11.6 Å². The molecule has 0 aromatic rings. The summed E-state index contributed by atoms with van der Waals surface area (Å²) in [5.74, 6) is -0.294. The van der Waals surface area contributed by atoms with Crippen LogP contribution in [0.15, 0.2) is 11.6 Å². The second-order valence-electron chi connectivity index (χ2n) is 9.54. The number of rotatable bonds is 9. The zero-order valence-corrected chi connectivity index (χ0v) is 19.6. The summed E-state index contributed by atoms with van der Waals surface area (Å²) in [4.78, 5) is 31.8. The highest BCUT2D eigenvalue weighted by atomic mass is 31.2. The fourth-order valence-electron chi connectivity index (χ4n) is 2.87. The van der Waals surface area contributed by atoms with E-state index in [1.165, 1.54) is 13.8 Å². The number of carbonyl (C=O) groups is 1. The van der Waals surface area contributed by atoms with E-state index >= 15 is 0 Å². The van der Waals surface area contributed by atoms with E-state index in [-0.39, 0.29) is 18.0 Å². The Kier molecular flexibility index (Phi) is 8.55. The summed E-state index contributed by atoms with van der Waals surface area (Å²) in [6, 6.07) is 0. The molecule has 0 heterocycles. The monoisotopic (exact) mass is 406 g/mol. The van der Waals surface area contributed by atoms with Gasteiger partial charge in [0.2, 0.25) is 0 Å². The average molecular weight is 407 g/mol. The van der Waals surface area contributed by atoms with E-state index in [1.54, 1.807) is 13.8 Å². The fourth-order valence-corrected chi connectivity index (χ4v) is 3.13. The summed E-state index contributed by atoms with van der Waals surface area (Å²) in [6.45, 7) is 18.3. The van der Waals surface area contributed by atoms with Crippen LogP contribution in [0.1, 0.15) is 82.1 Å². The number of hydrogen-bond acceptors (Lipinski definition) is 4. The van der Waals surface area contributed by atoms with E-state index in [0.717, 1.165) is 5.57 Å². The molecule has 0 bridgehead atoms. The Hall–Kier alpha value is -0.680. The number of carbonyl (C=O) groups excluding carboxylic acids is 1. The first-order valence-corrected chi connectivity index (χ1v) is 11.0. The fraction of sp³-hybridized carbons (Fsp3) is 0.850. The van der Waals surface area contributed by atoms with Crippen molar-refractivity contribution in [3.63, 3.8) is 0 Å². The molecule has 7 heteroatoms. The zero-order valence-electron chi connectivity index (χ0n) is 18.7. The highest BCUT2D eigenvalue weighted by Gasteiger charge is 2.48. The van der Waals surface area contributed by atoms with Crippen LogP contribution in [0.2, 0.25) is 0 Å². The number of esters is 1. The number of ether oxygens (including phenoxy) is 2. The van der Waals surface area contributed by atoms with Crippen LogP contribution in [0, 0.1) is 10.8 Å². The Morgan fingerprint density at radius 1 is 1.04 bits per heavy atom. The molecule has 27 heavy (non-hydrogen) atoms. The predicted molar refractivity (Wildman–Crippen MR) is 108 cm³/mol. The molecule has 0 rings (SSSR count). The Morgan fingerprint density at radius 2 is 1.52 bits per heavy atom. The third-order valence-corrected chi connectivity index (χ3v) is 6.56. The minimum atomic E-state index is -4.39. The first-order chi connectivity index (χ1) is 11.8. The Labute approximate surface area is 164 Å². The third kappa shape index (κ3) is 7.01. The van der Waals surface area contributed by atoms with Gasteiger partial charge in [0.15, 0.2) is 5.34 Å². The first-order valence-electron chi connectivity index (χ1n) is 9.40. The van der Waals surface area contributed by atoms with Crippen LogP contribution in [0.4, 0.5) is 0 Å². The number of hydrogen-bond donors (Lipinski definition) is 2. The van der Waals surface area contributed by atoms with Gasteiger partial charge in [0.05, 0.1) is 12.0 Å². The summed E-state index contributed by atoms with van der Waals surface area (Å²) in [7, 11) is -4.39. The van der Waals surface area contributed by atoms with Crippen LogP contribution < -0.4 is 0 Å². The van der Waals surface area contributed by atoms with Gasteiger partial charge >= 0.3 is 13.6 Å². The number of allylic oxidation sites excluding steroid dienone is 1. The molecule has 0 amide bonds. The van der Waals surface area contributed by atoms with Crippen LogP contribution in [-0.4, -0.2) is 33.3 Å². The average Bonchev–Trinajstić information content (AvgIpc) is 2.40. The molecule has 0 radical (unpaired) electrons. The van der Waals surface area contributed by atoms with Crippen LogP contribution >= 0.6 is 7.60 Å². The molecule has 160 valence electrons. The van der Waals surface area contributed by atoms with E-state index in [2.05, 4.69) is 0 Å². The van der Waals surface area contributed by atoms with Gasteiger partial charge in [-0.2, -0.15) is 0 Å². The van der Waals surface area contributed by atoms with E-state index < -0.39 is 24.0 Å². The lowest BCUT2D eigenvalue weighted by Crippen LogP contribution is -2.46. The highest BCUT2D eigenvalue weighted by molar-refractivity contribution is 7.53. The summed E-state index contributed by atoms with van der Waals surface area (Å²) in [5.41, 5.74) is -0.864. The molecule has 6 nitrogen and oxygen atoms in total. The first kappa shape index (κ1) is 26.3. The zero-order chi connectivity index (χ0) is 21.9. The maximum atomic E-state index is 13.2. The third-order valence-electron chi connectivity index (χ3n) is 5.03. The van der Waals surface area contributed by atoms with Crippen molar-refractivity contribution in [1.29, 1.82) is 0 Å². The highest BCUT2D eigenvalue weighted by Crippen LogP contribution is 2.51. The van der Waals surface area contributed by atoms with E-state index in [0.29, 0.717) is 12.8 Å². The largest absolute Gasteiger partial charge is 0.459 e. The van der Waals surface area contributed by atoms with Crippen LogP contribution in [0.25, 0.3) is 0 Å². The molecule has 0 aromatic carbocycles. The lowest BCUT2D eigenvalue weighted by Gasteiger charge is -2.42. The van der Waals surface area contributed by atoms with Crippen molar-refractivity contribution in [2.75, 3.05) is 6.61 Å². The van der Waals surface area contributed by atoms with Gasteiger partial charge in [0, 0.05) is 6.42 Å². The summed E-state index contributed by atoms with van der Waals surface area (Å²) in [6.07, 6.45) is 2.91. The molecule has 0 spiro atoms. The molecule has 0 aliphatic heterocycles. The van der Waals surface area contributed by atoms with Crippen molar-refractivity contribution in [2.45, 2.75) is 93.0 Å². The van der Waals surface area contributed by atoms with Gasteiger partial charge in [0.1, 0.15) is 5.60 Å². The van der Waals surface area contributed by atoms with Crippen molar-refractivity contribution in [3.8, 4) is 0 Å². The lowest BCUT2D eigenvalue weighted by molar-refractivity contribution is -0.174. The Morgan fingerprint density at radius 3 is 1.85 bits per heavy atom. The second kappa shape index (κ2) is 8.77. The lowest BCUT2D eigenvalue weighted by atomic mass is 9.64. The quantitative estimate of drug-likeness (QED) is 0.317. The topological polar surface area (TPSA) is 93.1 Å².